The van der Waals surface area contributed by atoms with Crippen LogP contribution >= 0.6 is 0 Å². The Morgan fingerprint density at radius 2 is 2.05 bits per heavy atom. The minimum absolute atomic E-state index is 0.0677. The van der Waals surface area contributed by atoms with E-state index in [0.717, 1.165) is 12.1 Å². The summed E-state index contributed by atoms with van der Waals surface area (Å²) < 4.78 is 26.4. The monoisotopic (exact) mass is 278 g/mol. The number of hydrogen-bond acceptors (Lipinski definition) is 2. The third kappa shape index (κ3) is 2.90. The predicted molar refractivity (Wildman–Crippen MR) is 69.3 cm³/mol. The second kappa shape index (κ2) is 5.64. The van der Waals surface area contributed by atoms with Crippen molar-refractivity contribution in [2.45, 2.75) is 13.0 Å². The molecule has 104 valence electrons. The second-order valence-electron chi connectivity index (χ2n) is 4.27. The van der Waals surface area contributed by atoms with Gasteiger partial charge in [0, 0.05) is 17.8 Å². The molecule has 0 saturated carbocycles. The van der Waals surface area contributed by atoms with Crippen molar-refractivity contribution in [1.82, 2.24) is 10.3 Å². The Kier molecular flexibility index (Phi) is 3.93. The van der Waals surface area contributed by atoms with Gasteiger partial charge in [-0.05, 0) is 25.1 Å². The van der Waals surface area contributed by atoms with Crippen LogP contribution in [0.1, 0.15) is 28.9 Å². The summed E-state index contributed by atoms with van der Waals surface area (Å²) in [6.45, 7) is 1.55. The third-order valence-corrected chi connectivity index (χ3v) is 2.84. The minimum atomic E-state index is -0.750. The first kappa shape index (κ1) is 13.9. The van der Waals surface area contributed by atoms with Gasteiger partial charge in [0.05, 0.1) is 6.04 Å². The van der Waals surface area contributed by atoms with Crippen LogP contribution in [0.2, 0.25) is 0 Å². The van der Waals surface area contributed by atoms with Crippen molar-refractivity contribution in [3.05, 3.63) is 69.6 Å². The van der Waals surface area contributed by atoms with Gasteiger partial charge in [-0.1, -0.05) is 6.07 Å². The summed E-state index contributed by atoms with van der Waals surface area (Å²) >= 11 is 0. The molecule has 1 amide bonds. The number of benzene rings is 1. The van der Waals surface area contributed by atoms with Crippen LogP contribution in [0.15, 0.2) is 41.3 Å². The van der Waals surface area contributed by atoms with Gasteiger partial charge in [0.15, 0.2) is 0 Å². The summed E-state index contributed by atoms with van der Waals surface area (Å²) in [7, 11) is 0. The largest absolute Gasteiger partial charge is 0.345 e. The third-order valence-electron chi connectivity index (χ3n) is 2.84. The Bertz CT molecular complexity index is 698. The SMILES string of the molecule is C[C@H](NC(=O)c1ccc[nH]c1=O)c1ccc(F)cc1F. The first-order valence-corrected chi connectivity index (χ1v) is 5.92. The number of H-pyrrole nitrogens is 1. The van der Waals surface area contributed by atoms with Gasteiger partial charge in [-0.15, -0.1) is 0 Å². The molecular weight excluding hydrogens is 266 g/mol. The number of pyridine rings is 1. The molecule has 1 heterocycles. The lowest BCUT2D eigenvalue weighted by atomic mass is 10.1. The van der Waals surface area contributed by atoms with Crippen molar-refractivity contribution in [3.63, 3.8) is 0 Å². The van der Waals surface area contributed by atoms with Gasteiger partial charge >= 0.3 is 0 Å². The number of nitrogens with one attached hydrogen (secondary N) is 2. The summed E-state index contributed by atoms with van der Waals surface area (Å²) in [4.78, 5) is 25.7. The van der Waals surface area contributed by atoms with Crippen LogP contribution in [0, 0.1) is 11.6 Å². The van der Waals surface area contributed by atoms with Gasteiger partial charge in [-0.3, -0.25) is 9.59 Å². The molecule has 2 aromatic rings. The summed E-state index contributed by atoms with van der Waals surface area (Å²) in [5.41, 5.74) is -0.453. The maximum absolute atomic E-state index is 13.6. The van der Waals surface area contributed by atoms with E-state index in [0.29, 0.717) is 0 Å². The molecule has 20 heavy (non-hydrogen) atoms. The smallest absolute Gasteiger partial charge is 0.260 e. The fraction of sp³-hybridized carbons (Fsp3) is 0.143. The lowest BCUT2D eigenvalue weighted by molar-refractivity contribution is 0.0938. The van der Waals surface area contributed by atoms with E-state index in [1.54, 1.807) is 6.92 Å². The van der Waals surface area contributed by atoms with E-state index in [1.807, 2.05) is 0 Å². The molecule has 1 aromatic heterocycles. The van der Waals surface area contributed by atoms with Gasteiger partial charge in [0.1, 0.15) is 17.2 Å². The van der Waals surface area contributed by atoms with Crippen molar-refractivity contribution >= 4 is 5.91 Å². The molecule has 0 radical (unpaired) electrons. The zero-order valence-corrected chi connectivity index (χ0v) is 10.6. The zero-order valence-electron chi connectivity index (χ0n) is 10.6. The number of aromatic nitrogens is 1. The lowest BCUT2D eigenvalue weighted by Gasteiger charge is -2.14. The van der Waals surface area contributed by atoms with Crippen molar-refractivity contribution in [1.29, 1.82) is 0 Å². The predicted octanol–water partition coefficient (Wildman–Crippen LogP) is 2.14. The summed E-state index contributed by atoms with van der Waals surface area (Å²) in [6.07, 6.45) is 1.40. The van der Waals surface area contributed by atoms with Gasteiger partial charge < -0.3 is 10.3 Å². The van der Waals surface area contributed by atoms with E-state index < -0.39 is 29.1 Å². The summed E-state index contributed by atoms with van der Waals surface area (Å²) in [5.74, 6) is -2.06. The summed E-state index contributed by atoms with van der Waals surface area (Å²) in [5, 5.41) is 2.49. The van der Waals surface area contributed by atoms with Crippen molar-refractivity contribution in [2.75, 3.05) is 0 Å². The van der Waals surface area contributed by atoms with Crippen LogP contribution in [0.5, 0.6) is 0 Å². The topological polar surface area (TPSA) is 62.0 Å². The van der Waals surface area contributed by atoms with Gasteiger partial charge in [0.2, 0.25) is 0 Å². The van der Waals surface area contributed by atoms with Crippen LogP contribution in [0.25, 0.3) is 0 Å². The first-order valence-electron chi connectivity index (χ1n) is 5.92. The van der Waals surface area contributed by atoms with E-state index in [4.69, 9.17) is 0 Å². The van der Waals surface area contributed by atoms with Crippen LogP contribution in [0.4, 0.5) is 8.78 Å². The molecule has 0 unspecified atom stereocenters. The fourth-order valence-electron chi connectivity index (χ4n) is 1.81. The van der Waals surface area contributed by atoms with Crippen molar-refractivity contribution in [2.24, 2.45) is 0 Å². The molecule has 2 rings (SSSR count). The number of amides is 1. The number of carbonyl (C=O) groups excluding carboxylic acids is 1. The van der Waals surface area contributed by atoms with Crippen LogP contribution in [-0.4, -0.2) is 10.9 Å². The molecule has 6 heteroatoms. The molecule has 0 bridgehead atoms. The van der Waals surface area contributed by atoms with Crippen LogP contribution in [0.3, 0.4) is 0 Å². The Hall–Kier alpha value is -2.50. The van der Waals surface area contributed by atoms with E-state index in [2.05, 4.69) is 10.3 Å². The molecule has 2 N–H and O–H groups in total. The summed E-state index contributed by atoms with van der Waals surface area (Å²) in [6, 6.07) is 5.29. The van der Waals surface area contributed by atoms with Gasteiger partial charge in [0.25, 0.3) is 11.5 Å². The van der Waals surface area contributed by atoms with E-state index in [9.17, 15) is 18.4 Å². The standard InChI is InChI=1S/C14H12F2N2O2/c1-8(10-5-4-9(15)7-12(10)16)18-14(20)11-3-2-6-17-13(11)19/h2-8H,1H3,(H,17,19)(H,18,20)/t8-/m0/s1. The number of hydrogen-bond donors (Lipinski definition) is 2. The Labute approximate surface area is 113 Å². The lowest BCUT2D eigenvalue weighted by Crippen LogP contribution is -2.31. The van der Waals surface area contributed by atoms with Crippen LogP contribution in [-0.2, 0) is 0 Å². The van der Waals surface area contributed by atoms with E-state index in [1.165, 1.54) is 24.4 Å². The Morgan fingerprint density at radius 3 is 2.70 bits per heavy atom. The molecular formula is C14H12F2N2O2. The molecule has 0 saturated heterocycles. The number of aromatic amines is 1. The number of rotatable bonds is 3. The number of carbonyl (C=O) groups is 1. The molecule has 0 aliphatic carbocycles. The van der Waals surface area contributed by atoms with Crippen molar-refractivity contribution in [3.8, 4) is 0 Å². The molecule has 1 aromatic carbocycles. The van der Waals surface area contributed by atoms with E-state index in [-0.39, 0.29) is 11.1 Å². The number of halogens is 2. The Morgan fingerprint density at radius 1 is 1.30 bits per heavy atom. The highest BCUT2D eigenvalue weighted by Gasteiger charge is 2.16. The maximum atomic E-state index is 13.6. The van der Waals surface area contributed by atoms with Crippen molar-refractivity contribution < 1.29 is 13.6 Å². The highest BCUT2D eigenvalue weighted by molar-refractivity contribution is 5.93. The first-order chi connectivity index (χ1) is 9.49. The average Bonchev–Trinajstić information content (AvgIpc) is 2.38. The molecule has 1 atom stereocenters. The Balaban J connectivity index is 2.20. The normalized spacial score (nSPS) is 11.9. The highest BCUT2D eigenvalue weighted by Crippen LogP contribution is 2.17. The maximum Gasteiger partial charge on any atom is 0.260 e. The van der Waals surface area contributed by atoms with Gasteiger partial charge in [-0.2, -0.15) is 0 Å². The minimum Gasteiger partial charge on any atom is -0.345 e. The molecule has 0 aliphatic rings. The molecule has 4 nitrogen and oxygen atoms in total. The fourth-order valence-corrected chi connectivity index (χ4v) is 1.81. The van der Waals surface area contributed by atoms with Crippen LogP contribution < -0.4 is 10.9 Å². The zero-order chi connectivity index (χ0) is 14.7. The molecule has 0 spiro atoms. The quantitative estimate of drug-likeness (QED) is 0.903. The second-order valence-corrected chi connectivity index (χ2v) is 4.27. The van der Waals surface area contributed by atoms with E-state index >= 15 is 0 Å². The molecule has 0 fully saturated rings. The average molecular weight is 278 g/mol. The van der Waals surface area contributed by atoms with Gasteiger partial charge in [-0.25, -0.2) is 8.78 Å². The molecule has 0 aliphatic heterocycles. The highest BCUT2D eigenvalue weighted by atomic mass is 19.1.